The molecule has 26 heavy (non-hydrogen) atoms. The first-order valence-corrected chi connectivity index (χ1v) is 8.91. The van der Waals surface area contributed by atoms with E-state index in [1.54, 1.807) is 31.1 Å². The van der Waals surface area contributed by atoms with Crippen molar-refractivity contribution in [1.82, 2.24) is 10.2 Å². The van der Waals surface area contributed by atoms with E-state index in [2.05, 4.69) is 24.1 Å². The van der Waals surface area contributed by atoms with Crippen LogP contribution >= 0.6 is 0 Å². The number of carbonyl (C=O) groups is 2. The molecular weight excluding hydrogens is 326 g/mol. The number of hydrogen-bond acceptors (Lipinski definition) is 3. The van der Waals surface area contributed by atoms with Crippen molar-refractivity contribution in [3.8, 4) is 0 Å². The van der Waals surface area contributed by atoms with Crippen LogP contribution in [-0.4, -0.2) is 43.9 Å². The molecular formula is C21H27N3O2. The van der Waals surface area contributed by atoms with Gasteiger partial charge in [-0.1, -0.05) is 12.1 Å². The molecule has 0 spiro atoms. The summed E-state index contributed by atoms with van der Waals surface area (Å²) in [5.74, 6) is -0.138. The maximum absolute atomic E-state index is 12.6. The summed E-state index contributed by atoms with van der Waals surface area (Å²) < 4.78 is 0. The van der Waals surface area contributed by atoms with Crippen LogP contribution in [0.25, 0.3) is 0 Å². The number of amides is 2. The number of anilines is 1. The second-order valence-corrected chi connectivity index (χ2v) is 6.16. The number of hydrogen-bond donors (Lipinski definition) is 1. The largest absolute Gasteiger partial charge is 0.372 e. The number of nitrogens with one attached hydrogen (secondary N) is 1. The monoisotopic (exact) mass is 353 g/mol. The molecule has 2 aromatic carbocycles. The van der Waals surface area contributed by atoms with Crippen LogP contribution in [-0.2, 0) is 6.54 Å². The lowest BCUT2D eigenvalue weighted by Crippen LogP contribution is -2.26. The van der Waals surface area contributed by atoms with Crippen LogP contribution in [0.2, 0.25) is 0 Å². The molecule has 5 heteroatoms. The summed E-state index contributed by atoms with van der Waals surface area (Å²) in [6.45, 7) is 6.60. The van der Waals surface area contributed by atoms with Gasteiger partial charge in [-0.25, -0.2) is 0 Å². The Labute approximate surface area is 155 Å². The molecule has 0 aliphatic rings. The van der Waals surface area contributed by atoms with Gasteiger partial charge in [0.2, 0.25) is 0 Å². The van der Waals surface area contributed by atoms with Crippen molar-refractivity contribution in [2.45, 2.75) is 20.4 Å². The average molecular weight is 353 g/mol. The highest BCUT2D eigenvalue weighted by molar-refractivity contribution is 5.95. The van der Waals surface area contributed by atoms with Crippen LogP contribution in [0.15, 0.2) is 48.5 Å². The van der Waals surface area contributed by atoms with E-state index in [1.807, 2.05) is 36.4 Å². The molecule has 0 bridgehead atoms. The van der Waals surface area contributed by atoms with E-state index < -0.39 is 0 Å². The minimum atomic E-state index is -0.116. The van der Waals surface area contributed by atoms with E-state index in [4.69, 9.17) is 0 Å². The van der Waals surface area contributed by atoms with Crippen molar-refractivity contribution in [2.75, 3.05) is 32.1 Å². The van der Waals surface area contributed by atoms with Crippen molar-refractivity contribution >= 4 is 17.5 Å². The molecule has 0 aliphatic carbocycles. The van der Waals surface area contributed by atoms with Gasteiger partial charge in [-0.2, -0.15) is 0 Å². The fraction of sp³-hybridized carbons (Fsp3) is 0.333. The summed E-state index contributed by atoms with van der Waals surface area (Å²) in [6.07, 6.45) is 0. The molecule has 0 aromatic heterocycles. The second-order valence-electron chi connectivity index (χ2n) is 6.16. The van der Waals surface area contributed by atoms with E-state index in [0.29, 0.717) is 17.7 Å². The first kappa shape index (κ1) is 19.5. The van der Waals surface area contributed by atoms with Crippen LogP contribution in [0.5, 0.6) is 0 Å². The molecule has 5 nitrogen and oxygen atoms in total. The van der Waals surface area contributed by atoms with E-state index in [0.717, 1.165) is 24.3 Å². The summed E-state index contributed by atoms with van der Waals surface area (Å²) in [4.78, 5) is 28.1. The standard InChI is InChI=1S/C21H27N3O2/c1-5-24(6-2)19-13-11-18(12-14-19)21(26)23(4)15-16-7-9-17(10-8-16)20(25)22-3/h7-14H,5-6,15H2,1-4H3,(H,22,25). The van der Waals surface area contributed by atoms with Gasteiger partial charge < -0.3 is 15.1 Å². The molecule has 2 aromatic rings. The zero-order valence-electron chi connectivity index (χ0n) is 16.0. The Bertz CT molecular complexity index is 735. The van der Waals surface area contributed by atoms with Gasteiger partial charge in [0.05, 0.1) is 0 Å². The Balaban J connectivity index is 2.04. The number of carbonyl (C=O) groups excluding carboxylic acids is 2. The highest BCUT2D eigenvalue weighted by Gasteiger charge is 2.13. The van der Waals surface area contributed by atoms with Gasteiger partial charge in [-0.05, 0) is 55.8 Å². The predicted molar refractivity (Wildman–Crippen MR) is 106 cm³/mol. The highest BCUT2D eigenvalue weighted by Crippen LogP contribution is 2.16. The predicted octanol–water partition coefficient (Wildman–Crippen LogP) is 3.16. The molecule has 0 fully saturated rings. The Morgan fingerprint density at radius 3 is 1.92 bits per heavy atom. The molecule has 138 valence electrons. The van der Waals surface area contributed by atoms with Gasteiger partial charge in [0.15, 0.2) is 0 Å². The van der Waals surface area contributed by atoms with E-state index in [1.165, 1.54) is 0 Å². The lowest BCUT2D eigenvalue weighted by molar-refractivity contribution is 0.0784. The molecule has 2 rings (SSSR count). The fourth-order valence-corrected chi connectivity index (χ4v) is 2.88. The summed E-state index contributed by atoms with van der Waals surface area (Å²) >= 11 is 0. The number of nitrogens with zero attached hydrogens (tertiary/aromatic N) is 2. The normalized spacial score (nSPS) is 10.3. The SMILES string of the molecule is CCN(CC)c1ccc(C(=O)N(C)Cc2ccc(C(=O)NC)cc2)cc1. The van der Waals surface area contributed by atoms with Crippen LogP contribution in [0, 0.1) is 0 Å². The molecule has 2 amide bonds. The van der Waals surface area contributed by atoms with Crippen LogP contribution < -0.4 is 10.2 Å². The maximum atomic E-state index is 12.6. The van der Waals surface area contributed by atoms with Crippen molar-refractivity contribution in [1.29, 1.82) is 0 Å². The van der Waals surface area contributed by atoms with Gasteiger partial charge in [0.25, 0.3) is 11.8 Å². The highest BCUT2D eigenvalue weighted by atomic mass is 16.2. The van der Waals surface area contributed by atoms with Crippen LogP contribution in [0.4, 0.5) is 5.69 Å². The summed E-state index contributed by atoms with van der Waals surface area (Å²) in [7, 11) is 3.39. The molecule has 0 heterocycles. The molecule has 0 aliphatic heterocycles. The Morgan fingerprint density at radius 2 is 1.42 bits per heavy atom. The molecule has 0 atom stereocenters. The summed E-state index contributed by atoms with van der Waals surface area (Å²) in [5, 5.41) is 2.60. The van der Waals surface area contributed by atoms with Crippen molar-refractivity contribution in [3.05, 3.63) is 65.2 Å². The summed E-state index contributed by atoms with van der Waals surface area (Å²) in [5.41, 5.74) is 3.38. The Kier molecular flexibility index (Phi) is 6.78. The quantitative estimate of drug-likeness (QED) is 0.832. The van der Waals surface area contributed by atoms with Crippen LogP contribution in [0.3, 0.4) is 0 Å². The molecule has 0 saturated carbocycles. The minimum Gasteiger partial charge on any atom is -0.372 e. The topological polar surface area (TPSA) is 52.7 Å². The lowest BCUT2D eigenvalue weighted by atomic mass is 10.1. The van der Waals surface area contributed by atoms with E-state index in [-0.39, 0.29) is 11.8 Å². The Morgan fingerprint density at radius 1 is 0.885 bits per heavy atom. The van der Waals surface area contributed by atoms with Gasteiger partial charge in [-0.3, -0.25) is 9.59 Å². The van der Waals surface area contributed by atoms with Crippen LogP contribution in [0.1, 0.15) is 40.1 Å². The smallest absolute Gasteiger partial charge is 0.253 e. The third-order valence-corrected chi connectivity index (χ3v) is 4.45. The molecule has 0 radical (unpaired) electrons. The number of rotatable bonds is 7. The van der Waals surface area contributed by atoms with E-state index in [9.17, 15) is 9.59 Å². The second kappa shape index (κ2) is 9.04. The molecule has 1 N–H and O–H groups in total. The fourth-order valence-electron chi connectivity index (χ4n) is 2.88. The minimum absolute atomic E-state index is 0.0218. The van der Waals surface area contributed by atoms with Gasteiger partial charge in [-0.15, -0.1) is 0 Å². The van der Waals surface area contributed by atoms with E-state index >= 15 is 0 Å². The number of benzene rings is 2. The third-order valence-electron chi connectivity index (χ3n) is 4.45. The lowest BCUT2D eigenvalue weighted by Gasteiger charge is -2.22. The van der Waals surface area contributed by atoms with Gasteiger partial charge >= 0.3 is 0 Å². The van der Waals surface area contributed by atoms with Crippen molar-refractivity contribution in [2.24, 2.45) is 0 Å². The zero-order valence-corrected chi connectivity index (χ0v) is 16.0. The Hall–Kier alpha value is -2.82. The summed E-state index contributed by atoms with van der Waals surface area (Å²) in [6, 6.07) is 15.0. The maximum Gasteiger partial charge on any atom is 0.253 e. The average Bonchev–Trinajstić information content (AvgIpc) is 2.68. The van der Waals surface area contributed by atoms with Gasteiger partial charge in [0, 0.05) is 50.5 Å². The van der Waals surface area contributed by atoms with Crippen molar-refractivity contribution in [3.63, 3.8) is 0 Å². The first-order chi connectivity index (χ1) is 12.5. The van der Waals surface area contributed by atoms with Gasteiger partial charge in [0.1, 0.15) is 0 Å². The first-order valence-electron chi connectivity index (χ1n) is 8.91. The third kappa shape index (κ3) is 4.63. The molecule has 0 unspecified atom stereocenters. The molecule has 0 saturated heterocycles. The van der Waals surface area contributed by atoms with Crippen molar-refractivity contribution < 1.29 is 9.59 Å². The zero-order chi connectivity index (χ0) is 19.1.